The molecule has 4 aromatic rings. The first-order chi connectivity index (χ1) is 18.5. The van der Waals surface area contributed by atoms with E-state index in [9.17, 15) is 4.79 Å². The number of hydrogen-bond donors (Lipinski definition) is 1. The van der Waals surface area contributed by atoms with Gasteiger partial charge in [-0.2, -0.15) is 0 Å². The number of nitrogens with zero attached hydrogens (tertiary/aromatic N) is 5. The first-order valence-electron chi connectivity index (χ1n) is 12.4. The Kier molecular flexibility index (Phi) is 7.86. The number of aromatic nitrogens is 3. The number of anilines is 2. The molecule has 38 heavy (non-hydrogen) atoms. The van der Waals surface area contributed by atoms with Gasteiger partial charge in [0.05, 0.1) is 34.7 Å². The molecule has 1 fully saturated rings. The van der Waals surface area contributed by atoms with Crippen LogP contribution >= 0.6 is 11.6 Å². The quantitative estimate of drug-likeness (QED) is 0.336. The Labute approximate surface area is 226 Å². The highest BCUT2D eigenvalue weighted by Crippen LogP contribution is 2.35. The standard InChI is InChI=1S/C28H29ClN6O3/c1-34(2)16-26(36)35-13-11-21(15-35)38-25-8-5-7-23-27(25)28(32-18-31-23)33-19-9-10-24(22(29)14-19)37-17-20-6-3-4-12-30-20/h3-10,12,14,18,21H,11,13,15-17H2,1-2H3,(H,31,32,33)/t21-/m0/s1. The third-order valence-electron chi connectivity index (χ3n) is 6.16. The van der Waals surface area contributed by atoms with Crippen molar-refractivity contribution in [1.29, 1.82) is 0 Å². The molecule has 1 aliphatic heterocycles. The van der Waals surface area contributed by atoms with Gasteiger partial charge in [-0.05, 0) is 56.6 Å². The first-order valence-corrected chi connectivity index (χ1v) is 12.8. The molecule has 0 saturated carbocycles. The smallest absolute Gasteiger partial charge is 0.236 e. The van der Waals surface area contributed by atoms with Crippen molar-refractivity contribution in [3.8, 4) is 11.5 Å². The van der Waals surface area contributed by atoms with E-state index in [0.717, 1.165) is 28.7 Å². The lowest BCUT2D eigenvalue weighted by atomic mass is 10.2. The number of hydrogen-bond acceptors (Lipinski definition) is 8. The largest absolute Gasteiger partial charge is 0.488 e. The fourth-order valence-electron chi connectivity index (χ4n) is 4.34. The van der Waals surface area contributed by atoms with E-state index in [1.165, 1.54) is 6.33 Å². The summed E-state index contributed by atoms with van der Waals surface area (Å²) in [6.45, 7) is 1.94. The molecule has 2 aromatic heterocycles. The number of carbonyl (C=O) groups excluding carboxylic acids is 1. The Bertz CT molecular complexity index is 1410. The number of likely N-dealkylation sites (N-methyl/N-ethyl adjacent to an activating group) is 1. The summed E-state index contributed by atoms with van der Waals surface area (Å²) in [7, 11) is 3.78. The number of ether oxygens (including phenoxy) is 2. The summed E-state index contributed by atoms with van der Waals surface area (Å²) in [6, 6.07) is 16.9. The van der Waals surface area contributed by atoms with Gasteiger partial charge in [0.1, 0.15) is 36.4 Å². The van der Waals surface area contributed by atoms with Gasteiger partial charge in [0, 0.05) is 24.8 Å². The molecule has 5 rings (SSSR count). The number of carbonyl (C=O) groups is 1. The summed E-state index contributed by atoms with van der Waals surface area (Å²) in [5, 5.41) is 4.58. The first kappa shape index (κ1) is 25.7. The van der Waals surface area contributed by atoms with Crippen LogP contribution in [0.25, 0.3) is 10.9 Å². The Morgan fingerprint density at radius 1 is 1.11 bits per heavy atom. The maximum atomic E-state index is 12.5. The van der Waals surface area contributed by atoms with E-state index in [-0.39, 0.29) is 12.0 Å². The van der Waals surface area contributed by atoms with E-state index < -0.39 is 0 Å². The number of rotatable bonds is 9. The van der Waals surface area contributed by atoms with Crippen molar-refractivity contribution >= 4 is 39.9 Å². The molecule has 0 radical (unpaired) electrons. The van der Waals surface area contributed by atoms with Gasteiger partial charge < -0.3 is 24.6 Å². The second-order valence-corrected chi connectivity index (χ2v) is 9.77. The molecule has 10 heteroatoms. The zero-order valence-electron chi connectivity index (χ0n) is 21.3. The van der Waals surface area contributed by atoms with Crippen LogP contribution in [-0.4, -0.2) is 70.5 Å². The third-order valence-corrected chi connectivity index (χ3v) is 6.46. The molecule has 0 aliphatic carbocycles. The highest BCUT2D eigenvalue weighted by atomic mass is 35.5. The Morgan fingerprint density at radius 3 is 2.79 bits per heavy atom. The molecule has 1 N–H and O–H groups in total. The number of benzene rings is 2. The summed E-state index contributed by atoms with van der Waals surface area (Å²) in [6.07, 6.45) is 3.90. The van der Waals surface area contributed by atoms with Crippen LogP contribution in [0, 0.1) is 0 Å². The van der Waals surface area contributed by atoms with Crippen LogP contribution in [0.15, 0.2) is 67.1 Å². The summed E-state index contributed by atoms with van der Waals surface area (Å²) in [4.78, 5) is 29.4. The number of fused-ring (bicyclic) bond motifs is 1. The molecule has 9 nitrogen and oxygen atoms in total. The zero-order valence-corrected chi connectivity index (χ0v) is 22.1. The average Bonchev–Trinajstić information content (AvgIpc) is 3.37. The number of amides is 1. The lowest BCUT2D eigenvalue weighted by Crippen LogP contribution is -2.37. The predicted octanol–water partition coefficient (Wildman–Crippen LogP) is 4.54. The molecule has 1 amide bonds. The zero-order chi connectivity index (χ0) is 26.5. The van der Waals surface area contributed by atoms with E-state index in [2.05, 4.69) is 20.3 Å². The molecule has 3 heterocycles. The van der Waals surface area contributed by atoms with Crippen molar-refractivity contribution in [3.05, 3.63) is 77.8 Å². The van der Waals surface area contributed by atoms with Crippen molar-refractivity contribution in [3.63, 3.8) is 0 Å². The van der Waals surface area contributed by atoms with Gasteiger partial charge in [-0.15, -0.1) is 0 Å². The van der Waals surface area contributed by atoms with Crippen LogP contribution in [0.4, 0.5) is 11.5 Å². The van der Waals surface area contributed by atoms with E-state index in [4.69, 9.17) is 21.1 Å². The van der Waals surface area contributed by atoms with Crippen molar-refractivity contribution in [2.75, 3.05) is 39.0 Å². The minimum absolute atomic E-state index is 0.106. The van der Waals surface area contributed by atoms with Gasteiger partial charge in [-0.3, -0.25) is 9.78 Å². The fourth-order valence-corrected chi connectivity index (χ4v) is 4.58. The number of halogens is 1. The van der Waals surface area contributed by atoms with Gasteiger partial charge in [0.15, 0.2) is 0 Å². The molecule has 196 valence electrons. The van der Waals surface area contributed by atoms with Crippen molar-refractivity contribution in [1.82, 2.24) is 24.8 Å². The summed E-state index contributed by atoms with van der Waals surface area (Å²) < 4.78 is 12.2. The van der Waals surface area contributed by atoms with Gasteiger partial charge in [0.25, 0.3) is 0 Å². The van der Waals surface area contributed by atoms with Gasteiger partial charge in [0.2, 0.25) is 5.91 Å². The van der Waals surface area contributed by atoms with Crippen LogP contribution < -0.4 is 14.8 Å². The molecule has 2 aromatic carbocycles. The molecule has 0 bridgehead atoms. The van der Waals surface area contributed by atoms with Crippen molar-refractivity contribution in [2.45, 2.75) is 19.1 Å². The molecular weight excluding hydrogens is 504 g/mol. The van der Waals surface area contributed by atoms with Gasteiger partial charge >= 0.3 is 0 Å². The second kappa shape index (κ2) is 11.6. The molecule has 0 unspecified atom stereocenters. The van der Waals surface area contributed by atoms with E-state index in [1.807, 2.05) is 72.4 Å². The Balaban J connectivity index is 1.31. The van der Waals surface area contributed by atoms with Crippen molar-refractivity contribution < 1.29 is 14.3 Å². The van der Waals surface area contributed by atoms with Crippen LogP contribution in [0.3, 0.4) is 0 Å². The number of nitrogens with one attached hydrogen (secondary N) is 1. The Hall–Kier alpha value is -3.95. The second-order valence-electron chi connectivity index (χ2n) is 9.36. The lowest BCUT2D eigenvalue weighted by molar-refractivity contribution is -0.131. The number of likely N-dealkylation sites (tertiary alicyclic amines) is 1. The average molecular weight is 533 g/mol. The molecule has 1 atom stereocenters. The van der Waals surface area contributed by atoms with Crippen LogP contribution in [-0.2, 0) is 11.4 Å². The molecule has 1 saturated heterocycles. The lowest BCUT2D eigenvalue weighted by Gasteiger charge is -2.20. The van der Waals surface area contributed by atoms with Crippen LogP contribution in [0.1, 0.15) is 12.1 Å². The maximum Gasteiger partial charge on any atom is 0.236 e. The number of pyridine rings is 1. The molecule has 1 aliphatic rings. The Morgan fingerprint density at radius 2 is 2.00 bits per heavy atom. The van der Waals surface area contributed by atoms with Crippen LogP contribution in [0.2, 0.25) is 5.02 Å². The normalized spacial score (nSPS) is 15.2. The predicted molar refractivity (Wildman–Crippen MR) is 147 cm³/mol. The highest BCUT2D eigenvalue weighted by molar-refractivity contribution is 6.32. The van der Waals surface area contributed by atoms with E-state index >= 15 is 0 Å². The fraction of sp³-hybridized carbons (Fsp3) is 0.286. The monoisotopic (exact) mass is 532 g/mol. The minimum Gasteiger partial charge on any atom is -0.488 e. The molecule has 0 spiro atoms. The van der Waals surface area contributed by atoms with Crippen molar-refractivity contribution in [2.24, 2.45) is 0 Å². The SMILES string of the molecule is CN(C)CC(=O)N1CC[C@H](Oc2cccc3ncnc(Nc4ccc(OCc5ccccn5)c(Cl)c4)c23)C1. The summed E-state index contributed by atoms with van der Waals surface area (Å²) in [5.41, 5.74) is 2.31. The topological polar surface area (TPSA) is 92.7 Å². The summed E-state index contributed by atoms with van der Waals surface area (Å²) >= 11 is 6.52. The minimum atomic E-state index is -0.107. The highest BCUT2D eigenvalue weighted by Gasteiger charge is 2.28. The molecular formula is C28H29ClN6O3. The third kappa shape index (κ3) is 6.12. The summed E-state index contributed by atoms with van der Waals surface area (Å²) in [5.74, 6) is 1.93. The van der Waals surface area contributed by atoms with Crippen LogP contribution in [0.5, 0.6) is 11.5 Å². The van der Waals surface area contributed by atoms with E-state index in [0.29, 0.717) is 48.6 Å². The van der Waals surface area contributed by atoms with E-state index in [1.54, 1.807) is 12.3 Å². The van der Waals surface area contributed by atoms with Gasteiger partial charge in [-0.25, -0.2) is 9.97 Å². The van der Waals surface area contributed by atoms with Gasteiger partial charge in [-0.1, -0.05) is 23.7 Å². The maximum absolute atomic E-state index is 12.5.